The molecule has 26 heavy (non-hydrogen) atoms. The first-order valence-corrected chi connectivity index (χ1v) is 9.95. The first-order valence-electron chi connectivity index (χ1n) is 8.52. The second kappa shape index (κ2) is 7.56. The van der Waals surface area contributed by atoms with Crippen LogP contribution < -0.4 is 5.32 Å². The third-order valence-corrected chi connectivity index (χ3v) is 5.97. The minimum absolute atomic E-state index is 0.274. The molecule has 6 heteroatoms. The van der Waals surface area contributed by atoms with Crippen LogP contribution in [-0.4, -0.2) is 27.5 Å². The molecule has 1 atom stereocenters. The van der Waals surface area contributed by atoms with Crippen molar-refractivity contribution < 1.29 is 0 Å². The summed E-state index contributed by atoms with van der Waals surface area (Å²) in [6.45, 7) is 4.84. The highest BCUT2D eigenvalue weighted by molar-refractivity contribution is 7.99. The highest BCUT2D eigenvalue weighted by Crippen LogP contribution is 2.43. The van der Waals surface area contributed by atoms with Crippen LogP contribution in [0.3, 0.4) is 0 Å². The molecule has 4 nitrogen and oxygen atoms in total. The number of halogens is 1. The van der Waals surface area contributed by atoms with Gasteiger partial charge >= 0.3 is 0 Å². The summed E-state index contributed by atoms with van der Waals surface area (Å²) in [6.07, 6.45) is 4.57. The molecule has 0 radical (unpaired) electrons. The maximum atomic E-state index is 6.15. The molecule has 0 bridgehead atoms. The number of aromatic nitrogens is 3. The molecule has 2 N–H and O–H groups in total. The molecule has 132 valence electrons. The van der Waals surface area contributed by atoms with Crippen LogP contribution in [0.1, 0.15) is 21.9 Å². The standard InChI is InChI=1S/C20H19ClN4S/c1-2-13-11-15(21)7-6-14(13)12-17-18-19(16-5-3-4-8-22-16)24-25-20(18)23-9-10-26-17/h2-8,11,17H,1,9-10,12H2,(H2,23,24,25). The molecule has 0 spiro atoms. The molecule has 0 amide bonds. The van der Waals surface area contributed by atoms with E-state index in [-0.39, 0.29) is 5.25 Å². The Morgan fingerprint density at radius 1 is 1.31 bits per heavy atom. The fourth-order valence-electron chi connectivity index (χ4n) is 3.26. The van der Waals surface area contributed by atoms with E-state index in [1.807, 2.05) is 54.4 Å². The van der Waals surface area contributed by atoms with E-state index in [2.05, 4.69) is 33.1 Å². The number of hydrogen-bond acceptors (Lipinski definition) is 4. The first-order chi connectivity index (χ1) is 12.8. The van der Waals surface area contributed by atoms with E-state index in [0.29, 0.717) is 0 Å². The van der Waals surface area contributed by atoms with Crippen molar-refractivity contribution in [1.29, 1.82) is 0 Å². The van der Waals surface area contributed by atoms with Gasteiger partial charge in [0.05, 0.1) is 11.4 Å². The van der Waals surface area contributed by atoms with Gasteiger partial charge in [-0.2, -0.15) is 16.9 Å². The van der Waals surface area contributed by atoms with Crippen molar-refractivity contribution in [2.45, 2.75) is 11.7 Å². The van der Waals surface area contributed by atoms with Gasteiger partial charge in [0.25, 0.3) is 0 Å². The Labute approximate surface area is 162 Å². The maximum absolute atomic E-state index is 6.15. The Kier molecular flexibility index (Phi) is 5.00. The number of aromatic amines is 1. The SMILES string of the molecule is C=Cc1cc(Cl)ccc1CC1SCCNc2n[nH]c(-c3ccccn3)c21. The lowest BCUT2D eigenvalue weighted by molar-refractivity contribution is 0.937. The number of H-pyrrole nitrogens is 1. The van der Waals surface area contributed by atoms with Crippen molar-refractivity contribution >= 4 is 35.3 Å². The zero-order valence-corrected chi connectivity index (χ0v) is 15.8. The van der Waals surface area contributed by atoms with Crippen molar-refractivity contribution in [2.24, 2.45) is 0 Å². The molecule has 1 aliphatic rings. The summed E-state index contributed by atoms with van der Waals surface area (Å²) in [7, 11) is 0. The average molecular weight is 383 g/mol. The molecule has 1 unspecified atom stereocenters. The van der Waals surface area contributed by atoms with Gasteiger partial charge in [0.1, 0.15) is 0 Å². The molecule has 0 aliphatic carbocycles. The molecule has 3 heterocycles. The zero-order valence-electron chi connectivity index (χ0n) is 14.2. The molecular formula is C20H19ClN4S. The highest BCUT2D eigenvalue weighted by atomic mass is 35.5. The number of nitrogens with one attached hydrogen (secondary N) is 2. The van der Waals surface area contributed by atoms with Crippen LogP contribution in [0.2, 0.25) is 5.02 Å². The molecule has 1 aliphatic heterocycles. The molecule has 3 aromatic rings. The van der Waals surface area contributed by atoms with Crippen molar-refractivity contribution in [3.8, 4) is 11.4 Å². The summed E-state index contributed by atoms with van der Waals surface area (Å²) in [5.74, 6) is 1.95. The lowest BCUT2D eigenvalue weighted by Crippen LogP contribution is -2.03. The monoisotopic (exact) mass is 382 g/mol. The number of hydrogen-bond donors (Lipinski definition) is 2. The first kappa shape index (κ1) is 17.2. The Balaban J connectivity index is 1.75. The Bertz CT molecular complexity index is 923. The van der Waals surface area contributed by atoms with Gasteiger partial charge in [0, 0.05) is 34.3 Å². The number of thioether (sulfide) groups is 1. The van der Waals surface area contributed by atoms with Gasteiger partial charge in [0.2, 0.25) is 0 Å². The third-order valence-electron chi connectivity index (χ3n) is 4.49. The largest absolute Gasteiger partial charge is 0.367 e. The topological polar surface area (TPSA) is 53.6 Å². The van der Waals surface area contributed by atoms with Gasteiger partial charge in [-0.05, 0) is 41.8 Å². The van der Waals surface area contributed by atoms with E-state index >= 15 is 0 Å². The van der Waals surface area contributed by atoms with E-state index in [1.165, 1.54) is 11.1 Å². The smallest absolute Gasteiger partial charge is 0.152 e. The summed E-state index contributed by atoms with van der Waals surface area (Å²) >= 11 is 8.09. The second-order valence-corrected chi connectivity index (χ2v) is 7.86. The minimum atomic E-state index is 0.274. The fourth-order valence-corrected chi connectivity index (χ4v) is 4.64. The van der Waals surface area contributed by atoms with Crippen LogP contribution in [0.25, 0.3) is 17.5 Å². The van der Waals surface area contributed by atoms with Crippen molar-refractivity contribution in [1.82, 2.24) is 15.2 Å². The number of anilines is 1. The molecule has 2 aromatic heterocycles. The van der Waals surface area contributed by atoms with E-state index in [1.54, 1.807) is 0 Å². The van der Waals surface area contributed by atoms with Crippen molar-refractivity contribution in [3.05, 3.63) is 70.9 Å². The van der Waals surface area contributed by atoms with Crippen LogP contribution >= 0.6 is 23.4 Å². The number of pyridine rings is 1. The van der Waals surface area contributed by atoms with Crippen LogP contribution in [0.15, 0.2) is 49.2 Å². The van der Waals surface area contributed by atoms with E-state index < -0.39 is 0 Å². The lowest BCUT2D eigenvalue weighted by Gasteiger charge is -2.17. The molecule has 1 aromatic carbocycles. The molecule has 4 rings (SSSR count). The fraction of sp³-hybridized carbons (Fsp3) is 0.200. The van der Waals surface area contributed by atoms with Gasteiger partial charge in [-0.3, -0.25) is 10.1 Å². The zero-order chi connectivity index (χ0) is 17.9. The van der Waals surface area contributed by atoms with E-state index in [0.717, 1.165) is 46.5 Å². The lowest BCUT2D eigenvalue weighted by atomic mass is 9.98. The predicted molar refractivity (Wildman–Crippen MR) is 111 cm³/mol. The normalized spacial score (nSPS) is 16.4. The van der Waals surface area contributed by atoms with Gasteiger partial charge in [0.15, 0.2) is 5.82 Å². The summed E-state index contributed by atoms with van der Waals surface area (Å²) < 4.78 is 0. The van der Waals surface area contributed by atoms with Crippen molar-refractivity contribution in [2.75, 3.05) is 17.6 Å². The second-order valence-electron chi connectivity index (χ2n) is 6.11. The quantitative estimate of drug-likeness (QED) is 0.650. The average Bonchev–Trinajstić information content (AvgIpc) is 3.00. The molecule has 0 fully saturated rings. The summed E-state index contributed by atoms with van der Waals surface area (Å²) in [6, 6.07) is 11.9. The summed E-state index contributed by atoms with van der Waals surface area (Å²) in [4.78, 5) is 4.50. The van der Waals surface area contributed by atoms with Gasteiger partial charge in [-0.15, -0.1) is 0 Å². The van der Waals surface area contributed by atoms with Gasteiger partial charge in [-0.1, -0.05) is 36.4 Å². The maximum Gasteiger partial charge on any atom is 0.152 e. The molecule has 0 saturated carbocycles. The van der Waals surface area contributed by atoms with Crippen LogP contribution in [0.4, 0.5) is 5.82 Å². The van der Waals surface area contributed by atoms with Crippen LogP contribution in [0.5, 0.6) is 0 Å². The molecule has 0 saturated heterocycles. The Morgan fingerprint density at radius 3 is 3.04 bits per heavy atom. The van der Waals surface area contributed by atoms with Gasteiger partial charge in [-0.25, -0.2) is 0 Å². The minimum Gasteiger partial charge on any atom is -0.367 e. The number of rotatable bonds is 4. The van der Waals surface area contributed by atoms with E-state index in [4.69, 9.17) is 11.6 Å². The van der Waals surface area contributed by atoms with Gasteiger partial charge < -0.3 is 5.32 Å². The Hall–Kier alpha value is -2.24. The summed E-state index contributed by atoms with van der Waals surface area (Å²) in [5, 5.41) is 12.1. The highest BCUT2D eigenvalue weighted by Gasteiger charge is 2.27. The van der Waals surface area contributed by atoms with Crippen LogP contribution in [0, 0.1) is 0 Å². The van der Waals surface area contributed by atoms with Crippen molar-refractivity contribution in [3.63, 3.8) is 0 Å². The summed E-state index contributed by atoms with van der Waals surface area (Å²) in [5.41, 5.74) is 5.41. The number of fused-ring (bicyclic) bond motifs is 1. The van der Waals surface area contributed by atoms with Crippen LogP contribution in [-0.2, 0) is 6.42 Å². The predicted octanol–water partition coefficient (Wildman–Crippen LogP) is 5.21. The third kappa shape index (κ3) is 3.37. The number of nitrogens with zero attached hydrogens (tertiary/aromatic N) is 2. The number of benzene rings is 1. The van der Waals surface area contributed by atoms with E-state index in [9.17, 15) is 0 Å². The Morgan fingerprint density at radius 2 is 2.23 bits per heavy atom. The molecular weight excluding hydrogens is 364 g/mol.